The Hall–Kier alpha value is -2.10. The lowest BCUT2D eigenvalue weighted by Crippen LogP contribution is -2.12. The molecule has 16 heavy (non-hydrogen) atoms. The largest absolute Gasteiger partial charge is 0.416 e. The second kappa shape index (κ2) is 4.61. The molecule has 1 aliphatic carbocycles. The van der Waals surface area contributed by atoms with E-state index in [-0.39, 0.29) is 5.78 Å². The third-order valence-electron chi connectivity index (χ3n) is 2.18. The van der Waals surface area contributed by atoms with Gasteiger partial charge in [0.15, 0.2) is 5.78 Å². The second-order valence-electron chi connectivity index (χ2n) is 3.46. The number of ether oxygens (including phenoxy) is 1. The maximum atomic E-state index is 11.4. The number of allylic oxidation sites excluding steroid dienone is 2. The number of rotatable bonds is 2. The molecule has 1 aromatic carbocycles. The Balaban J connectivity index is 1.90. The summed E-state index contributed by atoms with van der Waals surface area (Å²) in [5, 5.41) is 2.57. The maximum Gasteiger partial charge on any atom is 0.416 e. The Bertz CT molecular complexity index is 437. The van der Waals surface area contributed by atoms with Crippen molar-refractivity contribution in [2.24, 2.45) is 0 Å². The first kappa shape index (κ1) is 10.4. The van der Waals surface area contributed by atoms with Gasteiger partial charge in [0, 0.05) is 24.6 Å². The maximum absolute atomic E-state index is 11.4. The standard InChI is InChI=1S/C12H11NO3/c14-10-6-7-11(8-10)16-12(15)13-9-4-2-1-3-5-9/h1-5,8H,6-7H2,(H,13,15). The van der Waals surface area contributed by atoms with Crippen LogP contribution in [0.15, 0.2) is 42.2 Å². The van der Waals surface area contributed by atoms with Gasteiger partial charge in [-0.25, -0.2) is 4.79 Å². The topological polar surface area (TPSA) is 55.4 Å². The molecule has 82 valence electrons. The van der Waals surface area contributed by atoms with Gasteiger partial charge in [-0.3, -0.25) is 10.1 Å². The molecule has 0 atom stereocenters. The molecular formula is C12H11NO3. The number of hydrogen-bond acceptors (Lipinski definition) is 3. The van der Waals surface area contributed by atoms with Crippen LogP contribution in [-0.2, 0) is 9.53 Å². The molecule has 1 aromatic rings. The number of carbonyl (C=O) groups excluding carboxylic acids is 2. The molecule has 0 bridgehead atoms. The van der Waals surface area contributed by atoms with Gasteiger partial charge in [-0.2, -0.15) is 0 Å². The SMILES string of the molecule is O=C1C=C(OC(=O)Nc2ccccc2)CC1. The number of amides is 1. The van der Waals surface area contributed by atoms with Crippen LogP contribution in [0, 0.1) is 0 Å². The van der Waals surface area contributed by atoms with E-state index in [0.29, 0.717) is 24.3 Å². The van der Waals surface area contributed by atoms with Crippen molar-refractivity contribution >= 4 is 17.6 Å². The molecule has 0 saturated heterocycles. The Morgan fingerprint density at radius 2 is 1.94 bits per heavy atom. The van der Waals surface area contributed by atoms with Crippen LogP contribution < -0.4 is 5.32 Å². The number of para-hydroxylation sites is 1. The number of carbonyl (C=O) groups is 2. The fraction of sp³-hybridized carbons (Fsp3) is 0.167. The predicted octanol–water partition coefficient (Wildman–Crippen LogP) is 2.48. The van der Waals surface area contributed by atoms with Crippen molar-refractivity contribution in [1.82, 2.24) is 0 Å². The van der Waals surface area contributed by atoms with Crippen molar-refractivity contribution in [2.75, 3.05) is 5.32 Å². The second-order valence-corrected chi connectivity index (χ2v) is 3.46. The summed E-state index contributed by atoms with van der Waals surface area (Å²) >= 11 is 0. The first-order valence-corrected chi connectivity index (χ1v) is 5.01. The smallest absolute Gasteiger partial charge is 0.414 e. The van der Waals surface area contributed by atoms with E-state index in [2.05, 4.69) is 5.32 Å². The zero-order valence-electron chi connectivity index (χ0n) is 8.60. The van der Waals surface area contributed by atoms with Crippen LogP contribution in [-0.4, -0.2) is 11.9 Å². The molecule has 0 aromatic heterocycles. The Morgan fingerprint density at radius 3 is 2.56 bits per heavy atom. The van der Waals surface area contributed by atoms with Gasteiger partial charge in [0.25, 0.3) is 0 Å². The minimum absolute atomic E-state index is 0.00233. The van der Waals surface area contributed by atoms with E-state index >= 15 is 0 Å². The van der Waals surface area contributed by atoms with E-state index in [1.165, 1.54) is 6.08 Å². The summed E-state index contributed by atoms with van der Waals surface area (Å²) in [6.07, 6.45) is 1.73. The molecule has 0 unspecified atom stereocenters. The summed E-state index contributed by atoms with van der Waals surface area (Å²) in [5.74, 6) is 0.431. The fourth-order valence-corrected chi connectivity index (χ4v) is 1.43. The normalized spacial score (nSPS) is 14.5. The third kappa shape index (κ3) is 2.70. The van der Waals surface area contributed by atoms with Gasteiger partial charge in [0.2, 0.25) is 0 Å². The van der Waals surface area contributed by atoms with Gasteiger partial charge in [-0.05, 0) is 12.1 Å². The number of ketones is 1. The first-order valence-electron chi connectivity index (χ1n) is 5.01. The molecule has 0 heterocycles. The van der Waals surface area contributed by atoms with Crippen LogP contribution in [0.3, 0.4) is 0 Å². The average Bonchev–Trinajstić information content (AvgIpc) is 2.65. The van der Waals surface area contributed by atoms with E-state index in [9.17, 15) is 9.59 Å². The summed E-state index contributed by atoms with van der Waals surface area (Å²) < 4.78 is 4.98. The van der Waals surface area contributed by atoms with Crippen LogP contribution in [0.5, 0.6) is 0 Å². The molecule has 4 heteroatoms. The van der Waals surface area contributed by atoms with Gasteiger partial charge < -0.3 is 4.74 Å². The van der Waals surface area contributed by atoms with Crippen molar-refractivity contribution in [3.8, 4) is 0 Å². The fourth-order valence-electron chi connectivity index (χ4n) is 1.43. The Morgan fingerprint density at radius 1 is 1.19 bits per heavy atom. The van der Waals surface area contributed by atoms with E-state index in [1.807, 2.05) is 18.2 Å². The summed E-state index contributed by atoms with van der Waals surface area (Å²) in [6.45, 7) is 0. The van der Waals surface area contributed by atoms with Gasteiger partial charge >= 0.3 is 6.09 Å². The molecular weight excluding hydrogens is 206 g/mol. The zero-order chi connectivity index (χ0) is 11.4. The third-order valence-corrected chi connectivity index (χ3v) is 2.18. The average molecular weight is 217 g/mol. The zero-order valence-corrected chi connectivity index (χ0v) is 8.60. The lowest BCUT2D eigenvalue weighted by atomic mass is 10.3. The highest BCUT2D eigenvalue weighted by Gasteiger charge is 2.16. The summed E-state index contributed by atoms with van der Waals surface area (Å²) in [4.78, 5) is 22.3. The van der Waals surface area contributed by atoms with E-state index < -0.39 is 6.09 Å². The molecule has 1 amide bonds. The molecule has 0 aliphatic heterocycles. The van der Waals surface area contributed by atoms with Crippen molar-refractivity contribution < 1.29 is 14.3 Å². The van der Waals surface area contributed by atoms with Crippen molar-refractivity contribution in [3.05, 3.63) is 42.2 Å². The monoisotopic (exact) mass is 217 g/mol. The molecule has 0 saturated carbocycles. The Kier molecular flexibility index (Phi) is 3.00. The van der Waals surface area contributed by atoms with E-state index in [0.717, 1.165) is 0 Å². The van der Waals surface area contributed by atoms with E-state index in [1.54, 1.807) is 12.1 Å². The van der Waals surface area contributed by atoms with Gasteiger partial charge in [0.05, 0.1) is 0 Å². The van der Waals surface area contributed by atoms with Gasteiger partial charge in [-0.15, -0.1) is 0 Å². The lowest BCUT2D eigenvalue weighted by Gasteiger charge is -2.06. The number of hydrogen-bond donors (Lipinski definition) is 1. The first-order chi connectivity index (χ1) is 7.74. The van der Waals surface area contributed by atoms with Crippen LogP contribution in [0.25, 0.3) is 0 Å². The minimum atomic E-state index is -0.563. The highest BCUT2D eigenvalue weighted by atomic mass is 16.6. The molecule has 1 aliphatic rings. The van der Waals surface area contributed by atoms with Gasteiger partial charge in [0.1, 0.15) is 5.76 Å². The minimum Gasteiger partial charge on any atom is -0.414 e. The Labute approximate surface area is 92.9 Å². The molecule has 0 radical (unpaired) electrons. The van der Waals surface area contributed by atoms with Crippen LogP contribution in [0.1, 0.15) is 12.8 Å². The number of nitrogens with one attached hydrogen (secondary N) is 1. The van der Waals surface area contributed by atoms with Gasteiger partial charge in [-0.1, -0.05) is 18.2 Å². The molecule has 0 spiro atoms. The summed E-state index contributed by atoms with van der Waals surface area (Å²) in [6, 6.07) is 9.00. The van der Waals surface area contributed by atoms with E-state index in [4.69, 9.17) is 4.74 Å². The number of anilines is 1. The molecule has 2 rings (SSSR count). The molecule has 4 nitrogen and oxygen atoms in total. The molecule has 0 fully saturated rings. The lowest BCUT2D eigenvalue weighted by molar-refractivity contribution is -0.114. The highest BCUT2D eigenvalue weighted by Crippen LogP contribution is 2.16. The highest BCUT2D eigenvalue weighted by molar-refractivity contribution is 5.93. The predicted molar refractivity (Wildman–Crippen MR) is 58.9 cm³/mol. The number of benzene rings is 1. The van der Waals surface area contributed by atoms with Crippen molar-refractivity contribution in [2.45, 2.75) is 12.8 Å². The van der Waals surface area contributed by atoms with Crippen molar-refractivity contribution in [1.29, 1.82) is 0 Å². The quantitative estimate of drug-likeness (QED) is 0.827. The van der Waals surface area contributed by atoms with Crippen LogP contribution >= 0.6 is 0 Å². The summed E-state index contributed by atoms with van der Waals surface area (Å²) in [5.41, 5.74) is 0.664. The summed E-state index contributed by atoms with van der Waals surface area (Å²) in [7, 11) is 0. The molecule has 1 N–H and O–H groups in total. The van der Waals surface area contributed by atoms with Crippen molar-refractivity contribution in [3.63, 3.8) is 0 Å². The van der Waals surface area contributed by atoms with Crippen LogP contribution in [0.4, 0.5) is 10.5 Å². The van der Waals surface area contributed by atoms with Crippen LogP contribution in [0.2, 0.25) is 0 Å².